The van der Waals surface area contributed by atoms with E-state index in [1.165, 1.54) is 12.8 Å². The van der Waals surface area contributed by atoms with Crippen molar-refractivity contribution in [2.45, 2.75) is 37.5 Å². The minimum atomic E-state index is 0.496. The maximum Gasteiger partial charge on any atom is 0.148 e. The zero-order chi connectivity index (χ0) is 15.0. The van der Waals surface area contributed by atoms with Crippen LogP contribution in [-0.4, -0.2) is 15.8 Å². The lowest BCUT2D eigenvalue weighted by molar-refractivity contribution is 0.384. The van der Waals surface area contributed by atoms with Gasteiger partial charge in [-0.05, 0) is 37.1 Å². The fourth-order valence-corrected chi connectivity index (χ4v) is 3.92. The Morgan fingerprint density at radius 2 is 2.19 bits per heavy atom. The van der Waals surface area contributed by atoms with Crippen molar-refractivity contribution in [1.29, 1.82) is 0 Å². The number of thioether (sulfide) groups is 1. The van der Waals surface area contributed by atoms with Crippen molar-refractivity contribution in [3.05, 3.63) is 45.8 Å². The SMILES string of the molecule is CCSc1c(C(=S)c2cnoc2C2CC2)ccc(Cl)c1C. The summed E-state index contributed by atoms with van der Waals surface area (Å²) in [6.07, 6.45) is 4.09. The Labute approximate surface area is 139 Å². The highest BCUT2D eigenvalue weighted by Crippen LogP contribution is 2.43. The quantitative estimate of drug-likeness (QED) is 0.415. The lowest BCUT2D eigenvalue weighted by atomic mass is 10.0. The Hall–Kier alpha value is -0.840. The highest BCUT2D eigenvalue weighted by atomic mass is 35.5. The van der Waals surface area contributed by atoms with E-state index < -0.39 is 0 Å². The smallest absolute Gasteiger partial charge is 0.148 e. The summed E-state index contributed by atoms with van der Waals surface area (Å²) in [6.45, 7) is 4.18. The van der Waals surface area contributed by atoms with Gasteiger partial charge in [0.2, 0.25) is 0 Å². The lowest BCUT2D eigenvalue weighted by Crippen LogP contribution is -2.04. The zero-order valence-corrected chi connectivity index (χ0v) is 14.4. The maximum absolute atomic E-state index is 6.26. The maximum atomic E-state index is 6.26. The van der Waals surface area contributed by atoms with E-state index in [2.05, 4.69) is 12.1 Å². The van der Waals surface area contributed by atoms with Crippen molar-refractivity contribution in [3.8, 4) is 0 Å². The van der Waals surface area contributed by atoms with Crippen molar-refractivity contribution in [3.63, 3.8) is 0 Å². The average Bonchev–Trinajstić information content (AvgIpc) is 3.21. The minimum absolute atomic E-state index is 0.496. The van der Waals surface area contributed by atoms with Gasteiger partial charge in [-0.25, -0.2) is 0 Å². The normalized spacial score (nSPS) is 14.4. The number of halogens is 1. The summed E-state index contributed by atoms with van der Waals surface area (Å²) in [6, 6.07) is 3.93. The number of benzene rings is 1. The Balaban J connectivity index is 2.05. The van der Waals surface area contributed by atoms with Crippen molar-refractivity contribution in [2.24, 2.45) is 0 Å². The molecular weight excluding hydrogens is 322 g/mol. The predicted octanol–water partition coefficient (Wildman–Crippen LogP) is 5.39. The molecule has 2 nitrogen and oxygen atoms in total. The van der Waals surface area contributed by atoms with E-state index in [0.717, 1.165) is 43.0 Å². The third-order valence-corrected chi connectivity index (χ3v) is 5.62. The second-order valence-corrected chi connectivity index (χ2v) is 7.28. The molecule has 1 saturated carbocycles. The Bertz CT molecular complexity index is 692. The van der Waals surface area contributed by atoms with E-state index in [1.54, 1.807) is 18.0 Å². The molecule has 3 rings (SSSR count). The van der Waals surface area contributed by atoms with E-state index in [4.69, 9.17) is 28.3 Å². The van der Waals surface area contributed by atoms with Crippen molar-refractivity contribution < 1.29 is 4.52 Å². The van der Waals surface area contributed by atoms with Gasteiger partial charge in [-0.2, -0.15) is 0 Å². The zero-order valence-electron chi connectivity index (χ0n) is 12.0. The molecule has 0 spiro atoms. The fraction of sp³-hybridized carbons (Fsp3) is 0.375. The molecule has 0 N–H and O–H groups in total. The molecule has 0 unspecified atom stereocenters. The molecular formula is C16H16ClNOS2. The molecule has 2 aromatic rings. The van der Waals surface area contributed by atoms with Crippen LogP contribution >= 0.6 is 35.6 Å². The Kier molecular flexibility index (Phi) is 4.38. The van der Waals surface area contributed by atoms with Gasteiger partial charge >= 0.3 is 0 Å². The van der Waals surface area contributed by atoms with Gasteiger partial charge in [-0.1, -0.05) is 42.0 Å². The van der Waals surface area contributed by atoms with E-state index in [-0.39, 0.29) is 0 Å². The van der Waals surface area contributed by atoms with Crippen LogP contribution in [0.5, 0.6) is 0 Å². The highest BCUT2D eigenvalue weighted by Gasteiger charge is 2.32. The molecule has 21 heavy (non-hydrogen) atoms. The monoisotopic (exact) mass is 337 g/mol. The van der Waals surface area contributed by atoms with Crippen LogP contribution in [0, 0.1) is 6.92 Å². The van der Waals surface area contributed by atoms with E-state index in [0.29, 0.717) is 5.92 Å². The molecule has 1 aliphatic rings. The fourth-order valence-electron chi connectivity index (χ4n) is 2.38. The number of rotatable bonds is 5. The van der Waals surface area contributed by atoms with Crippen molar-refractivity contribution in [1.82, 2.24) is 5.16 Å². The van der Waals surface area contributed by atoms with Gasteiger partial charge in [0.15, 0.2) is 0 Å². The molecule has 5 heteroatoms. The highest BCUT2D eigenvalue weighted by molar-refractivity contribution is 7.99. The largest absolute Gasteiger partial charge is 0.360 e. The van der Waals surface area contributed by atoms with Crippen LogP contribution < -0.4 is 0 Å². The molecule has 1 heterocycles. The molecule has 0 radical (unpaired) electrons. The molecule has 0 saturated heterocycles. The van der Waals surface area contributed by atoms with Crippen molar-refractivity contribution >= 4 is 40.4 Å². The third-order valence-electron chi connectivity index (χ3n) is 3.66. The van der Waals surface area contributed by atoms with Crippen LogP contribution in [-0.2, 0) is 0 Å². The first-order valence-corrected chi connectivity index (χ1v) is 8.81. The van der Waals surface area contributed by atoms with Gasteiger partial charge < -0.3 is 4.52 Å². The van der Waals surface area contributed by atoms with E-state index in [9.17, 15) is 0 Å². The Morgan fingerprint density at radius 1 is 1.43 bits per heavy atom. The van der Waals surface area contributed by atoms with Crippen LogP contribution in [0.1, 0.15) is 48.1 Å². The number of nitrogens with zero attached hydrogens (tertiary/aromatic N) is 1. The summed E-state index contributed by atoms with van der Waals surface area (Å²) in [5.74, 6) is 2.42. The second-order valence-electron chi connectivity index (χ2n) is 5.19. The topological polar surface area (TPSA) is 26.0 Å². The summed E-state index contributed by atoms with van der Waals surface area (Å²) < 4.78 is 5.41. The molecule has 0 aliphatic heterocycles. The summed E-state index contributed by atoms with van der Waals surface area (Å²) in [4.78, 5) is 1.98. The van der Waals surface area contributed by atoms with E-state index in [1.807, 2.05) is 19.1 Å². The first kappa shape index (κ1) is 15.1. The molecule has 1 aliphatic carbocycles. The molecule has 0 bridgehead atoms. The van der Waals surface area contributed by atoms with Gasteiger partial charge in [-0.3, -0.25) is 0 Å². The van der Waals surface area contributed by atoms with Gasteiger partial charge in [0.1, 0.15) is 5.76 Å². The molecule has 1 aromatic carbocycles. The number of aromatic nitrogens is 1. The molecule has 0 amide bonds. The summed E-state index contributed by atoms with van der Waals surface area (Å²) in [7, 11) is 0. The van der Waals surface area contributed by atoms with Crippen LogP contribution in [0.2, 0.25) is 5.02 Å². The van der Waals surface area contributed by atoms with Gasteiger partial charge in [0, 0.05) is 21.4 Å². The lowest BCUT2D eigenvalue weighted by Gasteiger charge is -2.13. The molecule has 0 atom stereocenters. The van der Waals surface area contributed by atoms with Crippen LogP contribution in [0.15, 0.2) is 27.7 Å². The molecule has 110 valence electrons. The standard InChI is InChI=1S/C16H16ClNOS2/c1-3-21-16-9(2)13(17)7-6-11(16)15(20)12-8-18-19-14(12)10-4-5-10/h6-8,10H,3-5H2,1-2H3. The van der Waals surface area contributed by atoms with Crippen LogP contribution in [0.25, 0.3) is 0 Å². The number of thiocarbonyl (C=S) groups is 1. The second kappa shape index (κ2) is 6.11. The van der Waals surface area contributed by atoms with Crippen LogP contribution in [0.4, 0.5) is 0 Å². The summed E-state index contributed by atoms with van der Waals surface area (Å²) >= 11 is 13.8. The molecule has 1 aromatic heterocycles. The van der Waals surface area contributed by atoms with Gasteiger partial charge in [-0.15, -0.1) is 11.8 Å². The van der Waals surface area contributed by atoms with E-state index >= 15 is 0 Å². The number of hydrogen-bond donors (Lipinski definition) is 0. The van der Waals surface area contributed by atoms with Crippen LogP contribution in [0.3, 0.4) is 0 Å². The first-order chi connectivity index (χ1) is 10.1. The summed E-state index contributed by atoms with van der Waals surface area (Å²) in [5.41, 5.74) is 3.11. The number of hydrogen-bond acceptors (Lipinski definition) is 4. The third kappa shape index (κ3) is 2.89. The van der Waals surface area contributed by atoms with Gasteiger partial charge in [0.25, 0.3) is 0 Å². The molecule has 1 fully saturated rings. The minimum Gasteiger partial charge on any atom is -0.360 e. The Morgan fingerprint density at radius 3 is 2.86 bits per heavy atom. The first-order valence-electron chi connectivity index (χ1n) is 7.04. The summed E-state index contributed by atoms with van der Waals surface area (Å²) in [5, 5.41) is 4.73. The average molecular weight is 338 g/mol. The predicted molar refractivity (Wildman–Crippen MR) is 91.9 cm³/mol. The van der Waals surface area contributed by atoms with Gasteiger partial charge in [0.05, 0.1) is 16.6 Å². The van der Waals surface area contributed by atoms with Crippen molar-refractivity contribution in [2.75, 3.05) is 5.75 Å².